The van der Waals surface area contributed by atoms with E-state index in [0.717, 1.165) is 57.8 Å². The van der Waals surface area contributed by atoms with E-state index in [0.29, 0.717) is 19.3 Å². The maximum Gasteiger partial charge on any atom is 0.306 e. The number of unbranched alkanes of at least 4 members (excludes halogenated alkanes) is 32. The number of hydrogen-bond acceptors (Lipinski definition) is 6. The molecule has 0 aliphatic rings. The van der Waals surface area contributed by atoms with Gasteiger partial charge in [-0.25, -0.2) is 0 Å². The van der Waals surface area contributed by atoms with Gasteiger partial charge in [0.2, 0.25) is 0 Å². The molecule has 0 N–H and O–H groups in total. The van der Waals surface area contributed by atoms with E-state index in [1.807, 2.05) is 0 Å². The standard InChI is InChI=1S/C47H90O6/c1-4-7-10-13-16-18-20-22-24-26-28-31-34-37-40-46(49)52-43-44(42-51-45(48)39-36-33-30-15-12-9-6-3)53-47(50)41-38-35-32-29-27-25-23-21-19-17-14-11-8-5-2/h44H,4-43H2,1-3H3. The maximum atomic E-state index is 12.7. The van der Waals surface area contributed by atoms with Crippen molar-refractivity contribution >= 4 is 17.9 Å². The molecule has 6 nitrogen and oxygen atoms in total. The van der Waals surface area contributed by atoms with Crippen molar-refractivity contribution in [1.29, 1.82) is 0 Å². The minimum atomic E-state index is -0.757. The van der Waals surface area contributed by atoms with Gasteiger partial charge in [-0.15, -0.1) is 0 Å². The summed E-state index contributed by atoms with van der Waals surface area (Å²) < 4.78 is 16.7. The minimum absolute atomic E-state index is 0.0629. The highest BCUT2D eigenvalue weighted by atomic mass is 16.6. The van der Waals surface area contributed by atoms with Crippen LogP contribution in [0.25, 0.3) is 0 Å². The van der Waals surface area contributed by atoms with Crippen molar-refractivity contribution in [3.8, 4) is 0 Å². The summed E-state index contributed by atoms with van der Waals surface area (Å²) in [4.78, 5) is 37.6. The second-order valence-electron chi connectivity index (χ2n) is 16.0. The summed E-state index contributed by atoms with van der Waals surface area (Å²) in [7, 11) is 0. The molecule has 0 aromatic rings. The summed E-state index contributed by atoms with van der Waals surface area (Å²) in [5.41, 5.74) is 0. The number of ether oxygens (including phenoxy) is 3. The van der Waals surface area contributed by atoms with Crippen molar-refractivity contribution in [2.45, 2.75) is 271 Å². The van der Waals surface area contributed by atoms with Gasteiger partial charge in [-0.3, -0.25) is 14.4 Å². The Labute approximate surface area is 329 Å². The van der Waals surface area contributed by atoms with Crippen LogP contribution in [0.15, 0.2) is 0 Å². The van der Waals surface area contributed by atoms with E-state index >= 15 is 0 Å². The number of carbonyl (C=O) groups excluding carboxylic acids is 3. The van der Waals surface area contributed by atoms with Gasteiger partial charge in [0.05, 0.1) is 0 Å². The zero-order valence-electron chi connectivity index (χ0n) is 35.8. The Morgan fingerprint density at radius 1 is 0.302 bits per heavy atom. The molecule has 1 atom stereocenters. The Balaban J connectivity index is 4.24. The predicted octanol–water partition coefficient (Wildman–Crippen LogP) is 14.9. The van der Waals surface area contributed by atoms with Crippen LogP contribution in [0.1, 0.15) is 265 Å². The minimum Gasteiger partial charge on any atom is -0.462 e. The fourth-order valence-corrected chi connectivity index (χ4v) is 7.03. The molecule has 0 saturated carbocycles. The summed E-state index contributed by atoms with van der Waals surface area (Å²) in [6.45, 7) is 6.62. The van der Waals surface area contributed by atoms with Crippen LogP contribution in [0.5, 0.6) is 0 Å². The zero-order chi connectivity index (χ0) is 38.7. The third kappa shape index (κ3) is 41.4. The van der Waals surface area contributed by atoms with E-state index in [2.05, 4.69) is 20.8 Å². The molecule has 0 amide bonds. The van der Waals surface area contributed by atoms with Gasteiger partial charge in [0.15, 0.2) is 6.10 Å². The highest BCUT2D eigenvalue weighted by molar-refractivity contribution is 5.71. The molecule has 0 radical (unpaired) electrons. The summed E-state index contributed by atoms with van der Waals surface area (Å²) >= 11 is 0. The van der Waals surface area contributed by atoms with Gasteiger partial charge in [0.1, 0.15) is 13.2 Å². The second kappa shape index (κ2) is 43.1. The summed E-state index contributed by atoms with van der Waals surface area (Å²) in [6, 6.07) is 0. The van der Waals surface area contributed by atoms with Crippen LogP contribution >= 0.6 is 0 Å². The molecular weight excluding hydrogens is 661 g/mol. The van der Waals surface area contributed by atoms with Crippen molar-refractivity contribution in [2.75, 3.05) is 13.2 Å². The Morgan fingerprint density at radius 3 is 0.755 bits per heavy atom. The fourth-order valence-electron chi connectivity index (χ4n) is 7.03. The van der Waals surface area contributed by atoms with E-state index in [1.165, 1.54) is 167 Å². The lowest BCUT2D eigenvalue weighted by Crippen LogP contribution is -2.30. The van der Waals surface area contributed by atoms with Crippen LogP contribution in [0.2, 0.25) is 0 Å². The van der Waals surface area contributed by atoms with Crippen molar-refractivity contribution < 1.29 is 28.6 Å². The number of esters is 3. The van der Waals surface area contributed by atoms with E-state index in [9.17, 15) is 14.4 Å². The van der Waals surface area contributed by atoms with Crippen molar-refractivity contribution in [3.05, 3.63) is 0 Å². The Bertz CT molecular complexity index is 783. The van der Waals surface area contributed by atoms with Crippen LogP contribution in [-0.2, 0) is 28.6 Å². The van der Waals surface area contributed by atoms with Crippen LogP contribution in [0.4, 0.5) is 0 Å². The molecule has 0 aromatic carbocycles. The molecule has 0 aromatic heterocycles. The van der Waals surface area contributed by atoms with Gasteiger partial charge in [0.25, 0.3) is 0 Å². The molecule has 53 heavy (non-hydrogen) atoms. The Hall–Kier alpha value is -1.59. The lowest BCUT2D eigenvalue weighted by atomic mass is 10.0. The molecule has 0 rings (SSSR count). The van der Waals surface area contributed by atoms with Crippen LogP contribution in [-0.4, -0.2) is 37.2 Å². The lowest BCUT2D eigenvalue weighted by molar-refractivity contribution is -0.167. The van der Waals surface area contributed by atoms with E-state index in [-0.39, 0.29) is 31.1 Å². The monoisotopic (exact) mass is 751 g/mol. The summed E-state index contributed by atoms with van der Waals surface area (Å²) in [5.74, 6) is -0.855. The third-order valence-electron chi connectivity index (χ3n) is 10.6. The van der Waals surface area contributed by atoms with E-state index in [4.69, 9.17) is 14.2 Å². The van der Waals surface area contributed by atoms with Crippen molar-refractivity contribution in [1.82, 2.24) is 0 Å². The van der Waals surface area contributed by atoms with Crippen molar-refractivity contribution in [2.24, 2.45) is 0 Å². The highest BCUT2D eigenvalue weighted by Crippen LogP contribution is 2.16. The first-order valence-electron chi connectivity index (χ1n) is 23.5. The molecule has 0 saturated heterocycles. The number of hydrogen-bond donors (Lipinski definition) is 0. The molecule has 0 aliphatic carbocycles. The molecular formula is C47H90O6. The highest BCUT2D eigenvalue weighted by Gasteiger charge is 2.19. The van der Waals surface area contributed by atoms with Gasteiger partial charge in [-0.05, 0) is 19.3 Å². The molecule has 0 aliphatic heterocycles. The SMILES string of the molecule is CCCCCCCCCCCCCCCCC(=O)OCC(COC(=O)CCCCCCCCC)OC(=O)CCCCCCCCCCCCCCCC. The van der Waals surface area contributed by atoms with E-state index in [1.54, 1.807) is 0 Å². The second-order valence-corrected chi connectivity index (χ2v) is 16.0. The quantitative estimate of drug-likeness (QED) is 0.0351. The fraction of sp³-hybridized carbons (Fsp3) is 0.936. The Morgan fingerprint density at radius 2 is 0.509 bits per heavy atom. The average molecular weight is 751 g/mol. The molecule has 1 unspecified atom stereocenters. The van der Waals surface area contributed by atoms with Gasteiger partial charge in [-0.1, -0.05) is 226 Å². The summed E-state index contributed by atoms with van der Waals surface area (Å²) in [5, 5.41) is 0. The molecule has 0 heterocycles. The van der Waals surface area contributed by atoms with Gasteiger partial charge in [0, 0.05) is 19.3 Å². The third-order valence-corrected chi connectivity index (χ3v) is 10.6. The molecule has 314 valence electrons. The molecule has 0 fully saturated rings. The van der Waals surface area contributed by atoms with Gasteiger partial charge >= 0.3 is 17.9 Å². The molecule has 0 spiro atoms. The summed E-state index contributed by atoms with van der Waals surface area (Å²) in [6.07, 6.45) is 43.8. The van der Waals surface area contributed by atoms with Gasteiger partial charge in [-0.2, -0.15) is 0 Å². The van der Waals surface area contributed by atoms with Crippen LogP contribution in [0, 0.1) is 0 Å². The largest absolute Gasteiger partial charge is 0.462 e. The predicted molar refractivity (Wildman–Crippen MR) is 224 cm³/mol. The average Bonchev–Trinajstić information content (AvgIpc) is 3.15. The van der Waals surface area contributed by atoms with E-state index < -0.39 is 6.10 Å². The topological polar surface area (TPSA) is 78.9 Å². The smallest absolute Gasteiger partial charge is 0.306 e. The number of rotatable bonds is 43. The van der Waals surface area contributed by atoms with Crippen LogP contribution in [0.3, 0.4) is 0 Å². The number of carbonyl (C=O) groups is 3. The lowest BCUT2D eigenvalue weighted by Gasteiger charge is -2.18. The molecule has 0 bridgehead atoms. The molecule has 6 heteroatoms. The first-order chi connectivity index (χ1) is 26.0. The zero-order valence-corrected chi connectivity index (χ0v) is 35.8. The Kier molecular flexibility index (Phi) is 41.8. The normalized spacial score (nSPS) is 11.8. The maximum absolute atomic E-state index is 12.7. The first kappa shape index (κ1) is 51.4. The van der Waals surface area contributed by atoms with Crippen LogP contribution < -0.4 is 0 Å². The van der Waals surface area contributed by atoms with Gasteiger partial charge < -0.3 is 14.2 Å². The first-order valence-corrected chi connectivity index (χ1v) is 23.5. The van der Waals surface area contributed by atoms with Crippen molar-refractivity contribution in [3.63, 3.8) is 0 Å².